The third-order valence-electron chi connectivity index (χ3n) is 3.09. The summed E-state index contributed by atoms with van der Waals surface area (Å²) in [6.07, 6.45) is 1.30. The third-order valence-corrected chi connectivity index (χ3v) is 3.09. The molecular weight excluding hydrogens is 212 g/mol. The fourth-order valence-electron chi connectivity index (χ4n) is 2.24. The highest BCUT2D eigenvalue weighted by atomic mass is 16.6. The molecule has 2 saturated heterocycles. The van der Waals surface area contributed by atoms with Gasteiger partial charge in [-0.3, -0.25) is 4.90 Å². The number of nitrogens with zero attached hydrogens (tertiary/aromatic N) is 1. The van der Waals surface area contributed by atoms with Gasteiger partial charge in [-0.25, -0.2) is 9.59 Å². The molecule has 0 aromatic heterocycles. The molecule has 1 N–H and O–H groups in total. The topological polar surface area (TPSA) is 67.9 Å². The van der Waals surface area contributed by atoms with Gasteiger partial charge in [-0.15, -0.1) is 0 Å². The number of esters is 1. The summed E-state index contributed by atoms with van der Waals surface area (Å²) in [6, 6.07) is -0.485. The summed E-state index contributed by atoms with van der Waals surface area (Å²) in [5.74, 6) is -0.399. The Morgan fingerprint density at radius 1 is 1.50 bits per heavy atom. The molecular formula is C10H16N2O4. The predicted molar refractivity (Wildman–Crippen MR) is 54.9 cm³/mol. The molecule has 0 spiro atoms. The normalized spacial score (nSPS) is 26.7. The van der Waals surface area contributed by atoms with E-state index in [1.54, 1.807) is 0 Å². The lowest BCUT2D eigenvalue weighted by Gasteiger charge is -2.32. The molecule has 0 aromatic carbocycles. The van der Waals surface area contributed by atoms with Gasteiger partial charge < -0.3 is 14.8 Å². The number of amides is 1. The van der Waals surface area contributed by atoms with Gasteiger partial charge in [0.05, 0.1) is 7.11 Å². The maximum absolute atomic E-state index is 11.6. The van der Waals surface area contributed by atoms with Crippen molar-refractivity contribution < 1.29 is 19.1 Å². The highest BCUT2D eigenvalue weighted by Gasteiger charge is 2.43. The van der Waals surface area contributed by atoms with E-state index in [1.165, 1.54) is 12.0 Å². The molecule has 16 heavy (non-hydrogen) atoms. The molecule has 0 aromatic rings. The van der Waals surface area contributed by atoms with Crippen LogP contribution in [0.3, 0.4) is 0 Å². The van der Waals surface area contributed by atoms with Crippen molar-refractivity contribution in [2.45, 2.75) is 24.9 Å². The van der Waals surface area contributed by atoms with Crippen LogP contribution >= 0.6 is 0 Å². The minimum absolute atomic E-state index is 0.0837. The van der Waals surface area contributed by atoms with Gasteiger partial charge in [0.1, 0.15) is 6.61 Å². The second-order valence-electron chi connectivity index (χ2n) is 4.00. The molecule has 2 rings (SSSR count). The summed E-state index contributed by atoms with van der Waals surface area (Å²) in [7, 11) is 1.33. The van der Waals surface area contributed by atoms with Crippen LogP contribution in [-0.2, 0) is 14.3 Å². The Labute approximate surface area is 93.9 Å². The Morgan fingerprint density at radius 3 is 2.81 bits per heavy atom. The number of ether oxygens (including phenoxy) is 2. The second kappa shape index (κ2) is 4.69. The van der Waals surface area contributed by atoms with E-state index in [4.69, 9.17) is 4.74 Å². The number of carbonyl (C=O) groups is 2. The van der Waals surface area contributed by atoms with Gasteiger partial charge in [0.15, 0.2) is 6.04 Å². The Bertz CT molecular complexity index is 289. The van der Waals surface area contributed by atoms with E-state index >= 15 is 0 Å². The van der Waals surface area contributed by atoms with Crippen molar-refractivity contribution in [3.8, 4) is 0 Å². The molecule has 90 valence electrons. The fourth-order valence-corrected chi connectivity index (χ4v) is 2.24. The van der Waals surface area contributed by atoms with E-state index in [0.29, 0.717) is 0 Å². The molecule has 1 atom stereocenters. The zero-order valence-corrected chi connectivity index (χ0v) is 9.27. The van der Waals surface area contributed by atoms with Gasteiger partial charge in [-0.1, -0.05) is 0 Å². The molecule has 0 bridgehead atoms. The Morgan fingerprint density at radius 2 is 2.19 bits per heavy atom. The molecule has 2 heterocycles. The molecule has 2 fully saturated rings. The summed E-state index contributed by atoms with van der Waals surface area (Å²) < 4.78 is 9.60. The van der Waals surface area contributed by atoms with Crippen molar-refractivity contribution in [2.24, 2.45) is 0 Å². The number of hydrogen-bond donors (Lipinski definition) is 1. The third kappa shape index (κ3) is 1.97. The molecule has 6 nitrogen and oxygen atoms in total. The molecule has 0 aliphatic carbocycles. The monoisotopic (exact) mass is 228 g/mol. The van der Waals surface area contributed by atoms with Crippen LogP contribution in [0, 0.1) is 0 Å². The van der Waals surface area contributed by atoms with Crippen LogP contribution in [0.2, 0.25) is 0 Å². The largest absolute Gasteiger partial charge is 0.467 e. The van der Waals surface area contributed by atoms with Crippen LogP contribution in [0.25, 0.3) is 0 Å². The number of piperidine rings is 1. The number of rotatable bonds is 2. The van der Waals surface area contributed by atoms with Crippen molar-refractivity contribution in [3.05, 3.63) is 0 Å². The summed E-state index contributed by atoms with van der Waals surface area (Å²) >= 11 is 0. The Kier molecular flexibility index (Phi) is 3.28. The zero-order chi connectivity index (χ0) is 11.5. The van der Waals surface area contributed by atoms with Gasteiger partial charge in [0.25, 0.3) is 0 Å². The first-order chi connectivity index (χ1) is 7.74. The maximum atomic E-state index is 11.6. The van der Waals surface area contributed by atoms with Crippen molar-refractivity contribution in [1.82, 2.24) is 10.2 Å². The average molecular weight is 228 g/mol. The zero-order valence-electron chi connectivity index (χ0n) is 9.27. The molecule has 1 amide bonds. The number of cyclic esters (lactones) is 1. The van der Waals surface area contributed by atoms with E-state index in [0.717, 1.165) is 25.9 Å². The van der Waals surface area contributed by atoms with E-state index in [2.05, 4.69) is 10.1 Å². The van der Waals surface area contributed by atoms with Gasteiger partial charge in [0.2, 0.25) is 0 Å². The number of nitrogens with one attached hydrogen (secondary N) is 1. The number of carbonyl (C=O) groups excluding carboxylic acids is 2. The minimum Gasteiger partial charge on any atom is -0.467 e. The quantitative estimate of drug-likeness (QED) is 0.659. The first-order valence-corrected chi connectivity index (χ1v) is 5.47. The smallest absolute Gasteiger partial charge is 0.410 e. The van der Waals surface area contributed by atoms with E-state index in [9.17, 15) is 9.59 Å². The Hall–Kier alpha value is -1.30. The highest BCUT2D eigenvalue weighted by Crippen LogP contribution is 2.22. The van der Waals surface area contributed by atoms with Gasteiger partial charge in [0, 0.05) is 6.04 Å². The summed E-state index contributed by atoms with van der Waals surface area (Å²) in [4.78, 5) is 24.6. The molecule has 2 aliphatic rings. The number of hydrogen-bond acceptors (Lipinski definition) is 5. The summed E-state index contributed by atoms with van der Waals surface area (Å²) in [6.45, 7) is 1.83. The van der Waals surface area contributed by atoms with E-state index in [-0.39, 0.29) is 12.6 Å². The molecule has 2 aliphatic heterocycles. The van der Waals surface area contributed by atoms with Crippen molar-refractivity contribution in [3.63, 3.8) is 0 Å². The van der Waals surface area contributed by atoms with Gasteiger partial charge in [-0.05, 0) is 25.9 Å². The van der Waals surface area contributed by atoms with Crippen LogP contribution < -0.4 is 5.32 Å². The van der Waals surface area contributed by atoms with Gasteiger partial charge in [-0.2, -0.15) is 0 Å². The van der Waals surface area contributed by atoms with Crippen LogP contribution in [-0.4, -0.2) is 55.9 Å². The van der Waals surface area contributed by atoms with Crippen LogP contribution in [0.5, 0.6) is 0 Å². The second-order valence-corrected chi connectivity index (χ2v) is 4.00. The molecule has 0 saturated carbocycles. The van der Waals surface area contributed by atoms with Crippen molar-refractivity contribution in [2.75, 3.05) is 26.8 Å². The van der Waals surface area contributed by atoms with Crippen LogP contribution in [0.1, 0.15) is 12.8 Å². The average Bonchev–Trinajstić information content (AvgIpc) is 2.71. The Balaban J connectivity index is 2.08. The first kappa shape index (κ1) is 11.2. The highest BCUT2D eigenvalue weighted by molar-refractivity contribution is 5.84. The number of methoxy groups -OCH3 is 1. The van der Waals surface area contributed by atoms with Crippen LogP contribution in [0.4, 0.5) is 4.79 Å². The lowest BCUT2D eigenvalue weighted by atomic mass is 10.0. The standard InChI is InChI=1S/C10H16N2O4/c1-15-9(13)8-6-16-10(14)12(8)7-2-4-11-5-3-7/h7-8,11H,2-6H2,1H3/t8-/m0/s1. The van der Waals surface area contributed by atoms with E-state index < -0.39 is 18.1 Å². The first-order valence-electron chi connectivity index (χ1n) is 5.47. The fraction of sp³-hybridized carbons (Fsp3) is 0.800. The molecule has 0 radical (unpaired) electrons. The van der Waals surface area contributed by atoms with Gasteiger partial charge >= 0.3 is 12.1 Å². The van der Waals surface area contributed by atoms with Crippen LogP contribution in [0.15, 0.2) is 0 Å². The van der Waals surface area contributed by atoms with E-state index in [1.807, 2.05) is 0 Å². The van der Waals surface area contributed by atoms with Crippen molar-refractivity contribution in [1.29, 1.82) is 0 Å². The molecule has 6 heteroatoms. The summed E-state index contributed by atoms with van der Waals surface area (Å²) in [5, 5.41) is 3.22. The SMILES string of the molecule is COC(=O)[C@@H]1COC(=O)N1C1CCNCC1. The predicted octanol–water partition coefficient (Wildman–Crippen LogP) is -0.268. The lowest BCUT2D eigenvalue weighted by molar-refractivity contribution is -0.145. The minimum atomic E-state index is -0.569. The maximum Gasteiger partial charge on any atom is 0.410 e. The van der Waals surface area contributed by atoms with Crippen molar-refractivity contribution >= 4 is 12.1 Å². The summed E-state index contributed by atoms with van der Waals surface area (Å²) in [5.41, 5.74) is 0. The lowest BCUT2D eigenvalue weighted by Crippen LogP contribution is -2.50. The molecule has 0 unspecified atom stereocenters.